The van der Waals surface area contributed by atoms with Crippen molar-refractivity contribution in [3.05, 3.63) is 247 Å². The number of benzene rings is 6. The van der Waals surface area contributed by atoms with Crippen LogP contribution >= 0.6 is 23.2 Å². The monoisotopic (exact) mass is 1160 g/mol. The predicted octanol–water partition coefficient (Wildman–Crippen LogP) is 14.9. The molecule has 0 saturated carbocycles. The average molecular weight is 1170 g/mol. The Balaban J connectivity index is 0.000000316. The molecule has 0 fully saturated rings. The molecule has 0 radical (unpaired) electrons. The average Bonchev–Trinajstić information content (AvgIpc) is 3.55. The Bertz CT molecular complexity index is 3820. The lowest BCUT2D eigenvalue weighted by molar-refractivity contribution is -0.539. The van der Waals surface area contributed by atoms with Crippen LogP contribution in [-0.2, 0) is 33.3 Å². The number of anilines is 3. The van der Waals surface area contributed by atoms with Crippen LogP contribution in [0.5, 0.6) is 0 Å². The zero-order chi connectivity index (χ0) is 58.4. The maximum Gasteiger partial charge on any atom is 0.200 e. The third-order valence-electron chi connectivity index (χ3n) is 14.4. The van der Waals surface area contributed by atoms with Crippen LogP contribution in [0.2, 0.25) is 10.0 Å². The number of nitrogen functional groups attached to an aromatic ring is 1. The molecule has 0 bridgehead atoms. The Morgan fingerprint density at radius 2 is 1.25 bits per heavy atom. The number of halogens is 2. The van der Waals surface area contributed by atoms with Gasteiger partial charge in [0.05, 0.1) is 15.5 Å². The van der Waals surface area contributed by atoms with Crippen molar-refractivity contribution in [2.24, 2.45) is 0 Å². The number of rotatable bonds is 15. The molecule has 4 N–H and O–H groups in total. The summed E-state index contributed by atoms with van der Waals surface area (Å²) in [5.41, 5.74) is 27.4. The molecule has 6 aromatic carbocycles. The first kappa shape index (κ1) is 63.0. The minimum atomic E-state index is -4.56. The quantitative estimate of drug-likeness (QED) is 0.0390. The third kappa shape index (κ3) is 14.8. The molecule has 0 saturated heterocycles. The molecule has 0 aliphatic heterocycles. The summed E-state index contributed by atoms with van der Waals surface area (Å²) < 4.78 is 71.4. The number of hydrogen-bond acceptors (Lipinski definition) is 10. The van der Waals surface area contributed by atoms with Gasteiger partial charge in [-0.2, -0.15) is 0 Å². The van der Waals surface area contributed by atoms with E-state index in [1.807, 2.05) is 71.0 Å². The first-order chi connectivity index (χ1) is 37.8. The molecule has 0 aromatic heterocycles. The van der Waals surface area contributed by atoms with Crippen LogP contribution in [0.4, 0.5) is 17.1 Å². The van der Waals surface area contributed by atoms with Gasteiger partial charge < -0.3 is 30.5 Å². The van der Waals surface area contributed by atoms with Crippen molar-refractivity contribution in [1.82, 2.24) is 0 Å². The van der Waals surface area contributed by atoms with E-state index < -0.39 is 20.2 Å². The fourth-order valence-corrected chi connectivity index (χ4v) is 11.7. The summed E-state index contributed by atoms with van der Waals surface area (Å²) in [5, 5.41) is 12.8. The van der Waals surface area contributed by atoms with Crippen molar-refractivity contribution in [3.63, 3.8) is 0 Å². The summed E-state index contributed by atoms with van der Waals surface area (Å²) in [5.74, 6) is 0. The number of allylic oxidation sites excluding steroid dienone is 10. The molecule has 6 aromatic rings. The summed E-state index contributed by atoms with van der Waals surface area (Å²) in [7, 11) is -9.06. The van der Waals surface area contributed by atoms with E-state index in [1.165, 1.54) is 24.3 Å². The zero-order valence-electron chi connectivity index (χ0n) is 47.9. The Kier molecular flexibility index (Phi) is 20.7. The number of hydrogen-bond donors (Lipinski definition) is 3. The molecule has 0 spiro atoms. The van der Waals surface area contributed by atoms with Crippen LogP contribution < -0.4 is 16.0 Å². The van der Waals surface area contributed by atoms with Crippen molar-refractivity contribution >= 4 is 83.1 Å². The SMILES string of the molecule is CC1=CC(=C(c2cc(C)c(N)c(C)c2)c2c(Cl)cccc2Cl)C=C(C)C1=N.CCNc1ccc(C(=C2C=CC(=[N+](CC)Cc3cccc(S(=O)(=O)[O-])c3)C=C2C)c2ccc(N(CC)Cc3ccc(S(=O)(=O)[O-])cc3)cc2C)cc1C.[CH3+]. The molecule has 81 heavy (non-hydrogen) atoms. The molecule has 0 heterocycles. The van der Waals surface area contributed by atoms with E-state index in [4.69, 9.17) is 34.3 Å². The lowest BCUT2D eigenvalue weighted by atomic mass is 9.85. The first-order valence-electron chi connectivity index (χ1n) is 26.4. The molecule has 422 valence electrons. The smallest absolute Gasteiger partial charge is 0.200 e. The maximum atomic E-state index is 11.7. The predicted molar refractivity (Wildman–Crippen MR) is 335 cm³/mol. The Hall–Kier alpha value is -7.23. The first-order valence-corrected chi connectivity index (χ1v) is 30.0. The Labute approximate surface area is 490 Å². The molecule has 2 aliphatic carbocycles. The molecule has 15 heteroatoms. The van der Waals surface area contributed by atoms with E-state index >= 15 is 0 Å². The van der Waals surface area contributed by atoms with Gasteiger partial charge in [-0.3, -0.25) is 0 Å². The van der Waals surface area contributed by atoms with Gasteiger partial charge in [0.1, 0.15) is 26.8 Å². The van der Waals surface area contributed by atoms with E-state index in [9.17, 15) is 25.9 Å². The second-order valence-corrected chi connectivity index (χ2v) is 23.7. The summed E-state index contributed by atoms with van der Waals surface area (Å²) in [6, 6.07) is 34.9. The minimum Gasteiger partial charge on any atom is -0.744 e. The molecule has 0 unspecified atom stereocenters. The fourth-order valence-electron chi connectivity index (χ4n) is 10.1. The van der Waals surface area contributed by atoms with Crippen LogP contribution in [0, 0.1) is 40.5 Å². The standard InChI is InChI=1S/C42H47N3O6S2.C23H22Cl2N2.CH3/c1-7-43-41-22-15-34(23-31(41)6)42(39-20-16-35(24-29(39)4)44(8-2)27-32-13-18-37(19-14-32)52(46,47)48)40-21-17-36(25-30(40)5)45(9-3)28-33-11-10-12-38(26-33)53(49,50)51;1-12-8-16(9-13(2)22(12)26)20(21-18(24)6-5-7-19(21)25)17-10-14(3)23(27)15(4)11-17;/h10-26H,7-9,27-28H2,1-6H3,(H2,46,47,48,49,50,51);5-11,26H,27H2,1-4H3;1H3/q;;+1/p-1. The second kappa shape index (κ2) is 26.6. The normalized spacial score (nSPS) is 14.7. The van der Waals surface area contributed by atoms with E-state index in [1.54, 1.807) is 18.2 Å². The number of aryl methyl sites for hydroxylation is 4. The topological polar surface area (TPSA) is 183 Å². The number of nitrogens with one attached hydrogen (secondary N) is 2. The van der Waals surface area contributed by atoms with Gasteiger partial charge in [0.2, 0.25) is 0 Å². The van der Waals surface area contributed by atoms with Crippen LogP contribution in [-0.4, -0.2) is 61.6 Å². The highest BCUT2D eigenvalue weighted by molar-refractivity contribution is 7.86. The van der Waals surface area contributed by atoms with Crippen LogP contribution in [0.25, 0.3) is 11.1 Å². The number of nitrogens with two attached hydrogens (primary N) is 1. The van der Waals surface area contributed by atoms with E-state index in [2.05, 4.69) is 116 Å². The highest BCUT2D eigenvalue weighted by Crippen LogP contribution is 2.41. The highest BCUT2D eigenvalue weighted by Gasteiger charge is 2.23. The van der Waals surface area contributed by atoms with Crippen LogP contribution in [0.15, 0.2) is 183 Å². The fraction of sp³-hybridized carbons (Fsp3) is 0.227. The van der Waals surface area contributed by atoms with Crippen LogP contribution in [0.3, 0.4) is 0 Å². The molecule has 0 amide bonds. The van der Waals surface area contributed by atoms with Gasteiger partial charge in [-0.25, -0.2) is 21.4 Å². The molecular formula is C66H71Cl2N5O6S2. The minimum absolute atomic E-state index is 0. The van der Waals surface area contributed by atoms with Gasteiger partial charge in [-0.05, 0) is 244 Å². The highest BCUT2D eigenvalue weighted by atomic mass is 35.5. The van der Waals surface area contributed by atoms with Gasteiger partial charge in [-0.15, -0.1) is 0 Å². The van der Waals surface area contributed by atoms with Gasteiger partial charge in [0, 0.05) is 77.4 Å². The Morgan fingerprint density at radius 1 is 0.642 bits per heavy atom. The lowest BCUT2D eigenvalue weighted by Crippen LogP contribution is -2.22. The summed E-state index contributed by atoms with van der Waals surface area (Å²) in [6.07, 6.45) is 10.4. The third-order valence-corrected chi connectivity index (χ3v) is 16.7. The molecule has 8 rings (SSSR count). The van der Waals surface area contributed by atoms with Crippen molar-refractivity contribution in [2.45, 2.75) is 92.1 Å². The molecule has 0 atom stereocenters. The van der Waals surface area contributed by atoms with Crippen molar-refractivity contribution in [3.8, 4) is 0 Å². The van der Waals surface area contributed by atoms with E-state index in [-0.39, 0.29) is 17.2 Å². The van der Waals surface area contributed by atoms with Crippen molar-refractivity contribution in [1.29, 1.82) is 5.41 Å². The zero-order valence-corrected chi connectivity index (χ0v) is 51.0. The van der Waals surface area contributed by atoms with Crippen molar-refractivity contribution < 1.29 is 30.5 Å². The summed E-state index contributed by atoms with van der Waals surface area (Å²) in [6.45, 7) is 23.6. The molecule has 11 nitrogen and oxygen atoms in total. The number of nitrogens with zero attached hydrogens (tertiary/aromatic N) is 2. The van der Waals surface area contributed by atoms with Gasteiger partial charge in [-0.1, -0.05) is 65.7 Å². The van der Waals surface area contributed by atoms with Gasteiger partial charge >= 0.3 is 0 Å². The second-order valence-electron chi connectivity index (χ2n) is 20.1. The van der Waals surface area contributed by atoms with Crippen molar-refractivity contribution in [2.75, 3.05) is 35.6 Å². The van der Waals surface area contributed by atoms with Crippen LogP contribution in [0.1, 0.15) is 97.2 Å². The van der Waals surface area contributed by atoms with Gasteiger partial charge in [0.15, 0.2) is 12.3 Å². The maximum absolute atomic E-state index is 11.7. The van der Waals surface area contributed by atoms with Gasteiger partial charge in [0.25, 0.3) is 0 Å². The summed E-state index contributed by atoms with van der Waals surface area (Å²) >= 11 is 13.2. The molecular weight excluding hydrogens is 1090 g/mol. The summed E-state index contributed by atoms with van der Waals surface area (Å²) in [4.78, 5) is 1.73. The Morgan fingerprint density at radius 3 is 1.79 bits per heavy atom. The lowest BCUT2D eigenvalue weighted by Gasteiger charge is -2.26. The van der Waals surface area contributed by atoms with E-state index in [0.717, 1.165) is 124 Å². The van der Waals surface area contributed by atoms with E-state index in [0.29, 0.717) is 41.9 Å². The molecule has 2 aliphatic rings. The largest absolute Gasteiger partial charge is 0.744 e.